The summed E-state index contributed by atoms with van der Waals surface area (Å²) < 4.78 is 12.3. The molecular weight excluding hydrogens is 533 g/mol. The maximum atomic E-state index is 11.0. The van der Waals surface area contributed by atoms with Crippen LogP contribution in [0.15, 0.2) is 60.7 Å². The third-order valence-corrected chi connectivity index (χ3v) is 5.71. The number of aromatic carboxylic acids is 1. The van der Waals surface area contributed by atoms with Crippen LogP contribution >= 0.6 is 22.6 Å². The SMILES string of the molecule is COc1cc(/C=C(\C#N)c2nc3ccccc3[nH]2)cc(I)c1OCc1ccc(C(=O)O)cc1. The van der Waals surface area contributed by atoms with E-state index in [0.717, 1.165) is 25.7 Å². The first-order valence-electron chi connectivity index (χ1n) is 9.88. The number of carbonyl (C=O) groups is 1. The molecule has 7 nitrogen and oxygen atoms in total. The number of methoxy groups -OCH3 is 1. The van der Waals surface area contributed by atoms with Crippen LogP contribution in [0.4, 0.5) is 0 Å². The number of aromatic amines is 1. The van der Waals surface area contributed by atoms with Crippen LogP contribution in [0.2, 0.25) is 0 Å². The van der Waals surface area contributed by atoms with Gasteiger partial charge in [-0.05, 0) is 76.2 Å². The minimum absolute atomic E-state index is 0.222. The number of hydrogen-bond donors (Lipinski definition) is 2. The van der Waals surface area contributed by atoms with E-state index >= 15 is 0 Å². The predicted molar refractivity (Wildman–Crippen MR) is 133 cm³/mol. The third-order valence-electron chi connectivity index (χ3n) is 4.91. The summed E-state index contributed by atoms with van der Waals surface area (Å²) in [6, 6.07) is 20.0. The van der Waals surface area contributed by atoms with Crippen molar-refractivity contribution in [3.05, 3.63) is 86.7 Å². The van der Waals surface area contributed by atoms with Crippen LogP contribution in [-0.2, 0) is 6.61 Å². The standard InChI is InChI=1S/C25H18IN3O4/c1-32-22-12-16(10-18(13-27)24-28-20-4-2-3-5-21(20)29-24)11-19(26)23(22)33-14-15-6-8-17(9-7-15)25(30)31/h2-12H,14H2,1H3,(H,28,29)(H,30,31)/b18-10+. The molecule has 4 aromatic rings. The van der Waals surface area contributed by atoms with E-state index in [-0.39, 0.29) is 12.2 Å². The second kappa shape index (κ2) is 9.75. The normalized spacial score (nSPS) is 11.2. The fraction of sp³-hybridized carbons (Fsp3) is 0.0800. The molecule has 2 N–H and O–H groups in total. The molecule has 0 fully saturated rings. The lowest BCUT2D eigenvalue weighted by atomic mass is 10.1. The predicted octanol–water partition coefficient (Wildman–Crippen LogP) is 5.52. The number of H-pyrrole nitrogens is 1. The molecule has 0 saturated carbocycles. The minimum atomic E-state index is -0.971. The summed E-state index contributed by atoms with van der Waals surface area (Å²) in [5, 5.41) is 18.7. The number of rotatable bonds is 7. The van der Waals surface area contributed by atoms with Gasteiger partial charge < -0.3 is 19.6 Å². The summed E-state index contributed by atoms with van der Waals surface area (Å²) in [5.41, 5.74) is 3.88. The number of benzene rings is 3. The lowest BCUT2D eigenvalue weighted by molar-refractivity contribution is 0.0697. The van der Waals surface area contributed by atoms with E-state index in [2.05, 4.69) is 38.6 Å². The molecule has 0 aliphatic rings. The van der Waals surface area contributed by atoms with Gasteiger partial charge in [-0.3, -0.25) is 0 Å². The van der Waals surface area contributed by atoms with Crippen molar-refractivity contribution < 1.29 is 19.4 Å². The van der Waals surface area contributed by atoms with Gasteiger partial charge in [0.15, 0.2) is 11.5 Å². The average Bonchev–Trinajstić information content (AvgIpc) is 3.26. The zero-order valence-corrected chi connectivity index (χ0v) is 19.7. The van der Waals surface area contributed by atoms with Gasteiger partial charge in [0, 0.05) is 0 Å². The Morgan fingerprint density at radius 1 is 1.21 bits per heavy atom. The maximum Gasteiger partial charge on any atom is 0.335 e. The number of fused-ring (bicyclic) bond motifs is 1. The zero-order chi connectivity index (χ0) is 23.4. The fourth-order valence-corrected chi connectivity index (χ4v) is 4.04. The first kappa shape index (κ1) is 22.4. The fourth-order valence-electron chi connectivity index (χ4n) is 3.26. The summed E-state index contributed by atoms with van der Waals surface area (Å²) in [6.45, 7) is 0.254. The van der Waals surface area contributed by atoms with Crippen LogP contribution in [0.1, 0.15) is 27.3 Å². The van der Waals surface area contributed by atoms with E-state index in [1.165, 1.54) is 0 Å². The van der Waals surface area contributed by atoms with Crippen molar-refractivity contribution in [3.8, 4) is 17.6 Å². The van der Waals surface area contributed by atoms with Crippen LogP contribution in [0.5, 0.6) is 11.5 Å². The number of allylic oxidation sites excluding steroid dienone is 1. The molecule has 0 aliphatic heterocycles. The summed E-state index contributed by atoms with van der Waals surface area (Å²) in [6.07, 6.45) is 1.75. The number of hydrogen-bond acceptors (Lipinski definition) is 5. The number of carboxylic acids is 1. The Bertz CT molecular complexity index is 1370. The molecule has 0 amide bonds. The molecule has 0 aliphatic carbocycles. The molecule has 8 heteroatoms. The lowest BCUT2D eigenvalue weighted by Crippen LogP contribution is -2.01. The molecule has 0 radical (unpaired) electrons. The molecule has 0 saturated heterocycles. The smallest absolute Gasteiger partial charge is 0.335 e. The van der Waals surface area contributed by atoms with Crippen molar-refractivity contribution in [2.45, 2.75) is 6.61 Å². The second-order valence-corrected chi connectivity index (χ2v) is 8.26. The van der Waals surface area contributed by atoms with Gasteiger partial charge in [0.2, 0.25) is 0 Å². The summed E-state index contributed by atoms with van der Waals surface area (Å²) >= 11 is 2.16. The highest BCUT2D eigenvalue weighted by atomic mass is 127. The summed E-state index contributed by atoms with van der Waals surface area (Å²) in [7, 11) is 1.55. The molecule has 4 rings (SSSR count). The Balaban J connectivity index is 1.59. The van der Waals surface area contributed by atoms with Crippen molar-refractivity contribution in [1.29, 1.82) is 5.26 Å². The number of halogens is 1. The van der Waals surface area contributed by atoms with Gasteiger partial charge in [-0.25, -0.2) is 9.78 Å². The topological polar surface area (TPSA) is 108 Å². The highest BCUT2D eigenvalue weighted by Gasteiger charge is 2.14. The van der Waals surface area contributed by atoms with Crippen LogP contribution in [0, 0.1) is 14.9 Å². The highest BCUT2D eigenvalue weighted by molar-refractivity contribution is 14.1. The Morgan fingerprint density at radius 3 is 2.64 bits per heavy atom. The lowest BCUT2D eigenvalue weighted by Gasteiger charge is -2.14. The number of imidazole rings is 1. The van der Waals surface area contributed by atoms with Crippen LogP contribution in [0.3, 0.4) is 0 Å². The van der Waals surface area contributed by atoms with Crippen molar-refractivity contribution in [3.63, 3.8) is 0 Å². The summed E-state index contributed by atoms with van der Waals surface area (Å²) in [4.78, 5) is 18.7. The molecule has 1 heterocycles. The van der Waals surface area contributed by atoms with Crippen molar-refractivity contribution in [2.75, 3.05) is 7.11 Å². The number of ether oxygens (including phenoxy) is 2. The van der Waals surface area contributed by atoms with E-state index in [9.17, 15) is 10.1 Å². The number of nitrogens with one attached hydrogen (secondary N) is 1. The highest BCUT2D eigenvalue weighted by Crippen LogP contribution is 2.35. The van der Waals surface area contributed by atoms with Crippen molar-refractivity contribution in [2.24, 2.45) is 0 Å². The van der Waals surface area contributed by atoms with E-state index in [1.54, 1.807) is 43.5 Å². The van der Waals surface area contributed by atoms with Crippen LogP contribution in [-0.4, -0.2) is 28.2 Å². The van der Waals surface area contributed by atoms with Gasteiger partial charge in [0.1, 0.15) is 18.5 Å². The van der Waals surface area contributed by atoms with Gasteiger partial charge in [0.25, 0.3) is 0 Å². The molecule has 0 spiro atoms. The quantitative estimate of drug-likeness (QED) is 0.232. The molecule has 0 bridgehead atoms. The van der Waals surface area contributed by atoms with Crippen molar-refractivity contribution >= 4 is 51.2 Å². The number of carboxylic acid groups (broad SMARTS) is 1. The molecule has 164 valence electrons. The number of aromatic nitrogens is 2. The largest absolute Gasteiger partial charge is 0.493 e. The molecule has 33 heavy (non-hydrogen) atoms. The Hall–Kier alpha value is -3.84. The average molecular weight is 551 g/mol. The first-order valence-corrected chi connectivity index (χ1v) is 11.0. The van der Waals surface area contributed by atoms with E-state index in [4.69, 9.17) is 14.6 Å². The van der Waals surface area contributed by atoms with Gasteiger partial charge in [-0.2, -0.15) is 5.26 Å². The van der Waals surface area contributed by atoms with Gasteiger partial charge in [-0.1, -0.05) is 24.3 Å². The second-order valence-electron chi connectivity index (χ2n) is 7.10. The van der Waals surface area contributed by atoms with E-state index in [0.29, 0.717) is 22.9 Å². The molecule has 0 atom stereocenters. The van der Waals surface area contributed by atoms with Crippen LogP contribution < -0.4 is 9.47 Å². The Morgan fingerprint density at radius 2 is 1.97 bits per heavy atom. The van der Waals surface area contributed by atoms with E-state index < -0.39 is 5.97 Å². The first-order chi connectivity index (χ1) is 16.0. The van der Waals surface area contributed by atoms with Crippen molar-refractivity contribution in [1.82, 2.24) is 9.97 Å². The van der Waals surface area contributed by atoms with Gasteiger partial charge >= 0.3 is 5.97 Å². The van der Waals surface area contributed by atoms with Gasteiger partial charge in [-0.15, -0.1) is 0 Å². The third kappa shape index (κ3) is 4.99. The zero-order valence-electron chi connectivity index (χ0n) is 17.5. The molecule has 0 unspecified atom stereocenters. The van der Waals surface area contributed by atoms with E-state index in [1.807, 2.05) is 30.3 Å². The minimum Gasteiger partial charge on any atom is -0.493 e. The molecule has 1 aromatic heterocycles. The number of para-hydroxylation sites is 2. The monoisotopic (exact) mass is 551 g/mol. The Kier molecular flexibility index (Phi) is 6.60. The van der Waals surface area contributed by atoms with Gasteiger partial charge in [0.05, 0.1) is 32.8 Å². The Labute approximate surface area is 203 Å². The molecule has 3 aromatic carbocycles. The summed E-state index contributed by atoms with van der Waals surface area (Å²) in [5.74, 6) is 0.622. The number of nitriles is 1. The van der Waals surface area contributed by atoms with Crippen LogP contribution in [0.25, 0.3) is 22.7 Å². The maximum absolute atomic E-state index is 11.0. The number of nitrogens with zero attached hydrogens (tertiary/aromatic N) is 2. The molecular formula is C25H18IN3O4.